The average Bonchev–Trinajstić information content (AvgIpc) is 2.33. The Labute approximate surface area is 102 Å². The van der Waals surface area contributed by atoms with Gasteiger partial charge in [-0.1, -0.05) is 0 Å². The Hall–Kier alpha value is -1.42. The third-order valence-corrected chi connectivity index (χ3v) is 2.57. The Balaban J connectivity index is 2.64. The first kappa shape index (κ1) is 13.6. The first-order valence-electron chi connectivity index (χ1n) is 5.89. The fourth-order valence-electron chi connectivity index (χ4n) is 1.68. The Morgan fingerprint density at radius 1 is 1.35 bits per heavy atom. The number of halogens is 1. The van der Waals surface area contributed by atoms with Gasteiger partial charge in [-0.2, -0.15) is 0 Å². The van der Waals surface area contributed by atoms with Crippen molar-refractivity contribution in [3.8, 4) is 0 Å². The zero-order chi connectivity index (χ0) is 12.7. The molecule has 0 fully saturated rings. The van der Waals surface area contributed by atoms with Gasteiger partial charge in [0.2, 0.25) is 5.91 Å². The lowest BCUT2D eigenvalue weighted by Gasteiger charge is -2.21. The number of hydrogen-bond acceptors (Lipinski definition) is 2. The van der Waals surface area contributed by atoms with E-state index in [1.807, 2.05) is 14.0 Å². The number of anilines is 1. The summed E-state index contributed by atoms with van der Waals surface area (Å²) >= 11 is 0. The molecule has 0 spiro atoms. The molecule has 0 aliphatic carbocycles. The first-order chi connectivity index (χ1) is 8.19. The highest BCUT2D eigenvalue weighted by atomic mass is 19.1. The third-order valence-electron chi connectivity index (χ3n) is 2.57. The average molecular weight is 238 g/mol. The Morgan fingerprint density at radius 3 is 2.53 bits per heavy atom. The Morgan fingerprint density at radius 2 is 2.00 bits per heavy atom. The lowest BCUT2D eigenvalue weighted by molar-refractivity contribution is -0.118. The van der Waals surface area contributed by atoms with E-state index in [2.05, 4.69) is 5.32 Å². The minimum atomic E-state index is -0.285. The number of nitrogens with one attached hydrogen (secondary N) is 1. The molecular formula is C13H19FN2O. The minimum absolute atomic E-state index is 0.0781. The molecule has 3 nitrogen and oxygen atoms in total. The van der Waals surface area contributed by atoms with E-state index in [0.717, 1.165) is 18.7 Å². The molecule has 0 aliphatic rings. The topological polar surface area (TPSA) is 32.3 Å². The van der Waals surface area contributed by atoms with Crippen molar-refractivity contribution in [1.82, 2.24) is 5.32 Å². The van der Waals surface area contributed by atoms with Gasteiger partial charge in [0.25, 0.3) is 0 Å². The van der Waals surface area contributed by atoms with Crippen LogP contribution in [-0.4, -0.2) is 26.0 Å². The molecule has 0 saturated carbocycles. The molecule has 0 aliphatic heterocycles. The molecule has 17 heavy (non-hydrogen) atoms. The van der Waals surface area contributed by atoms with E-state index in [-0.39, 0.29) is 11.7 Å². The molecule has 0 heterocycles. The summed E-state index contributed by atoms with van der Waals surface area (Å²) in [6.45, 7) is 3.34. The van der Waals surface area contributed by atoms with Crippen molar-refractivity contribution in [3.63, 3.8) is 0 Å². The molecule has 1 N–H and O–H groups in total. The summed E-state index contributed by atoms with van der Waals surface area (Å²) in [7, 11) is 1.86. The molecule has 0 atom stereocenters. The van der Waals surface area contributed by atoms with Crippen LogP contribution in [0.2, 0.25) is 0 Å². The highest BCUT2D eigenvalue weighted by molar-refractivity contribution is 5.93. The normalized spacial score (nSPS) is 10.3. The monoisotopic (exact) mass is 238 g/mol. The van der Waals surface area contributed by atoms with Crippen LogP contribution in [0.5, 0.6) is 0 Å². The number of benzene rings is 1. The van der Waals surface area contributed by atoms with Crippen molar-refractivity contribution in [1.29, 1.82) is 0 Å². The summed E-state index contributed by atoms with van der Waals surface area (Å²) in [6.07, 6.45) is 1.32. The van der Waals surface area contributed by atoms with Crippen LogP contribution in [0.1, 0.15) is 19.8 Å². The number of nitrogens with zero attached hydrogens (tertiary/aromatic N) is 1. The van der Waals surface area contributed by atoms with Crippen molar-refractivity contribution < 1.29 is 9.18 Å². The van der Waals surface area contributed by atoms with Crippen LogP contribution in [0.15, 0.2) is 24.3 Å². The predicted octanol–water partition coefficient (Wildman–Crippen LogP) is 2.18. The third kappa shape index (κ3) is 4.15. The maximum absolute atomic E-state index is 12.8. The van der Waals surface area contributed by atoms with E-state index in [9.17, 15) is 9.18 Å². The number of carbonyl (C=O) groups is 1. The first-order valence-corrected chi connectivity index (χ1v) is 5.89. The number of amides is 1. The summed E-state index contributed by atoms with van der Waals surface area (Å²) in [5.74, 6) is -0.207. The van der Waals surface area contributed by atoms with Gasteiger partial charge in [-0.3, -0.25) is 4.79 Å². The molecule has 1 amide bonds. The summed E-state index contributed by atoms with van der Waals surface area (Å²) in [4.78, 5) is 13.6. The van der Waals surface area contributed by atoms with Gasteiger partial charge in [-0.25, -0.2) is 4.39 Å². The molecule has 0 saturated heterocycles. The quantitative estimate of drug-likeness (QED) is 0.770. The van der Waals surface area contributed by atoms with Crippen LogP contribution in [0.4, 0.5) is 10.1 Å². The van der Waals surface area contributed by atoms with Gasteiger partial charge >= 0.3 is 0 Å². The second-order valence-electron chi connectivity index (χ2n) is 3.82. The summed E-state index contributed by atoms with van der Waals surface area (Å²) in [5, 5.41) is 3.01. The van der Waals surface area contributed by atoms with Crippen molar-refractivity contribution in [2.75, 3.05) is 25.0 Å². The lowest BCUT2D eigenvalue weighted by Crippen LogP contribution is -2.30. The molecule has 0 aromatic heterocycles. The van der Waals surface area contributed by atoms with E-state index in [1.54, 1.807) is 17.0 Å². The SMILES string of the molecule is CCN(C(=O)CCCNC)c1ccc(F)cc1. The fraction of sp³-hybridized carbons (Fsp3) is 0.462. The van der Waals surface area contributed by atoms with Crippen LogP contribution in [0, 0.1) is 5.82 Å². The maximum Gasteiger partial charge on any atom is 0.227 e. The van der Waals surface area contributed by atoms with Gasteiger partial charge < -0.3 is 10.2 Å². The second-order valence-corrected chi connectivity index (χ2v) is 3.82. The molecule has 4 heteroatoms. The maximum atomic E-state index is 12.8. The Bertz CT molecular complexity index is 351. The zero-order valence-corrected chi connectivity index (χ0v) is 10.4. The minimum Gasteiger partial charge on any atom is -0.320 e. The fourth-order valence-corrected chi connectivity index (χ4v) is 1.68. The molecule has 1 aromatic carbocycles. The van der Waals surface area contributed by atoms with E-state index < -0.39 is 0 Å². The van der Waals surface area contributed by atoms with Gasteiger partial charge in [0.05, 0.1) is 0 Å². The van der Waals surface area contributed by atoms with Crippen molar-refractivity contribution in [2.24, 2.45) is 0 Å². The van der Waals surface area contributed by atoms with Crippen LogP contribution in [0.3, 0.4) is 0 Å². The lowest BCUT2D eigenvalue weighted by atomic mass is 10.2. The zero-order valence-electron chi connectivity index (χ0n) is 10.4. The predicted molar refractivity (Wildman–Crippen MR) is 67.6 cm³/mol. The van der Waals surface area contributed by atoms with E-state index in [1.165, 1.54) is 12.1 Å². The van der Waals surface area contributed by atoms with Crippen molar-refractivity contribution >= 4 is 11.6 Å². The summed E-state index contributed by atoms with van der Waals surface area (Å²) < 4.78 is 12.8. The molecule has 0 bridgehead atoms. The molecule has 94 valence electrons. The smallest absolute Gasteiger partial charge is 0.227 e. The summed E-state index contributed by atoms with van der Waals surface area (Å²) in [6, 6.07) is 6.02. The largest absolute Gasteiger partial charge is 0.320 e. The van der Waals surface area contributed by atoms with Crippen LogP contribution in [0.25, 0.3) is 0 Å². The van der Waals surface area contributed by atoms with E-state index >= 15 is 0 Å². The second kappa shape index (κ2) is 7.01. The number of carbonyl (C=O) groups excluding carboxylic acids is 1. The number of rotatable bonds is 6. The van der Waals surface area contributed by atoms with E-state index in [0.29, 0.717) is 13.0 Å². The van der Waals surface area contributed by atoms with Gasteiger partial charge in [-0.15, -0.1) is 0 Å². The summed E-state index contributed by atoms with van der Waals surface area (Å²) in [5.41, 5.74) is 0.753. The highest BCUT2D eigenvalue weighted by Gasteiger charge is 2.12. The van der Waals surface area contributed by atoms with Gasteiger partial charge in [0, 0.05) is 18.7 Å². The molecule has 1 aromatic rings. The van der Waals surface area contributed by atoms with Gasteiger partial charge in [-0.05, 0) is 51.2 Å². The van der Waals surface area contributed by atoms with Crippen LogP contribution >= 0.6 is 0 Å². The van der Waals surface area contributed by atoms with Crippen LogP contribution < -0.4 is 10.2 Å². The van der Waals surface area contributed by atoms with Crippen molar-refractivity contribution in [3.05, 3.63) is 30.1 Å². The van der Waals surface area contributed by atoms with Gasteiger partial charge in [0.15, 0.2) is 0 Å². The number of hydrogen-bond donors (Lipinski definition) is 1. The molecule has 1 rings (SSSR count). The highest BCUT2D eigenvalue weighted by Crippen LogP contribution is 2.16. The molecule has 0 radical (unpaired) electrons. The molecular weight excluding hydrogens is 219 g/mol. The standard InChI is InChI=1S/C13H19FN2O/c1-3-16(13(17)5-4-10-15-2)12-8-6-11(14)7-9-12/h6-9,15H,3-5,10H2,1-2H3. The van der Waals surface area contributed by atoms with Crippen molar-refractivity contribution in [2.45, 2.75) is 19.8 Å². The Kier molecular flexibility index (Phi) is 5.63. The van der Waals surface area contributed by atoms with E-state index in [4.69, 9.17) is 0 Å². The van der Waals surface area contributed by atoms with Crippen LogP contribution in [-0.2, 0) is 4.79 Å². The molecule has 0 unspecified atom stereocenters. The van der Waals surface area contributed by atoms with Gasteiger partial charge in [0.1, 0.15) is 5.82 Å².